The van der Waals surface area contributed by atoms with E-state index in [4.69, 9.17) is 4.74 Å². The van der Waals surface area contributed by atoms with E-state index in [1.165, 1.54) is 29.6 Å². The van der Waals surface area contributed by atoms with Crippen molar-refractivity contribution in [2.75, 3.05) is 0 Å². The van der Waals surface area contributed by atoms with E-state index >= 15 is 0 Å². The Morgan fingerprint density at radius 1 is 1.07 bits per heavy atom. The van der Waals surface area contributed by atoms with Crippen LogP contribution in [0.25, 0.3) is 16.8 Å². The van der Waals surface area contributed by atoms with Gasteiger partial charge in [-0.3, -0.25) is 14.7 Å². The van der Waals surface area contributed by atoms with E-state index in [0.29, 0.717) is 16.0 Å². The second-order valence-corrected chi connectivity index (χ2v) is 7.27. The van der Waals surface area contributed by atoms with Crippen LogP contribution in [0, 0.1) is 10.1 Å². The van der Waals surface area contributed by atoms with E-state index < -0.39 is 4.92 Å². The van der Waals surface area contributed by atoms with Crippen LogP contribution in [0.5, 0.6) is 5.75 Å². The van der Waals surface area contributed by atoms with Crippen LogP contribution in [-0.2, 0) is 6.61 Å². The van der Waals surface area contributed by atoms with Gasteiger partial charge in [-0.25, -0.2) is 4.98 Å². The summed E-state index contributed by atoms with van der Waals surface area (Å²) in [6.45, 7) is 0.264. The molecule has 0 atom stereocenters. The molecular formula is C20H13N5O3S. The first kappa shape index (κ1) is 17.4. The van der Waals surface area contributed by atoms with E-state index in [0.717, 1.165) is 17.0 Å². The lowest BCUT2D eigenvalue weighted by molar-refractivity contribution is -0.385. The topological polar surface area (TPSA) is 96.0 Å². The average Bonchev–Trinajstić information content (AvgIpc) is 3.24. The average molecular weight is 403 g/mol. The van der Waals surface area contributed by atoms with Gasteiger partial charge in [0.2, 0.25) is 5.16 Å². The molecule has 8 nitrogen and oxygen atoms in total. The summed E-state index contributed by atoms with van der Waals surface area (Å²) in [5.41, 5.74) is 3.19. The van der Waals surface area contributed by atoms with Crippen molar-refractivity contribution in [3.8, 4) is 22.6 Å². The highest BCUT2D eigenvalue weighted by atomic mass is 32.2. The summed E-state index contributed by atoms with van der Waals surface area (Å²) in [7, 11) is 0. The van der Waals surface area contributed by atoms with E-state index in [2.05, 4.69) is 21.2 Å². The summed E-state index contributed by atoms with van der Waals surface area (Å²) in [4.78, 5) is 14.5. The third-order valence-electron chi connectivity index (χ3n) is 4.41. The third kappa shape index (κ3) is 3.43. The molecule has 29 heavy (non-hydrogen) atoms. The Morgan fingerprint density at radius 3 is 2.59 bits per heavy atom. The highest BCUT2D eigenvalue weighted by molar-refractivity contribution is 7.99. The minimum atomic E-state index is -0.476. The van der Waals surface area contributed by atoms with Gasteiger partial charge in [-0.05, 0) is 47.7 Å². The van der Waals surface area contributed by atoms with Gasteiger partial charge in [-0.2, -0.15) is 0 Å². The number of hydrogen-bond donors (Lipinski definition) is 0. The SMILES string of the molecule is O=[N+]([O-])c1ccc(Sc2nnc(COc3ccc4cc3-4)n2-c2ccccc2)nc1. The van der Waals surface area contributed by atoms with Crippen LogP contribution in [0.15, 0.2) is 77.0 Å². The van der Waals surface area contributed by atoms with E-state index in [1.54, 1.807) is 6.07 Å². The molecule has 2 aromatic heterocycles. The second kappa shape index (κ2) is 7.02. The van der Waals surface area contributed by atoms with Crippen molar-refractivity contribution < 1.29 is 9.66 Å². The summed E-state index contributed by atoms with van der Waals surface area (Å²) >= 11 is 1.28. The summed E-state index contributed by atoms with van der Waals surface area (Å²) in [6.07, 6.45) is 1.23. The van der Waals surface area contributed by atoms with Gasteiger partial charge in [0.1, 0.15) is 23.6 Å². The Bertz CT molecular complexity index is 1210. The zero-order valence-corrected chi connectivity index (χ0v) is 15.7. The molecular weight excluding hydrogens is 390 g/mol. The first-order valence-electron chi connectivity index (χ1n) is 8.74. The van der Waals surface area contributed by atoms with Crippen LogP contribution < -0.4 is 4.74 Å². The molecule has 0 aliphatic heterocycles. The number of nitro groups is 1. The van der Waals surface area contributed by atoms with Gasteiger partial charge in [-0.1, -0.05) is 24.3 Å². The normalized spacial score (nSPS) is 11.3. The third-order valence-corrected chi connectivity index (χ3v) is 5.30. The Hall–Kier alpha value is -3.72. The van der Waals surface area contributed by atoms with Gasteiger partial charge in [0, 0.05) is 17.3 Å². The molecule has 0 spiro atoms. The van der Waals surface area contributed by atoms with Crippen LogP contribution in [0.2, 0.25) is 0 Å². The molecule has 0 unspecified atom stereocenters. The summed E-state index contributed by atoms with van der Waals surface area (Å²) in [5, 5.41) is 20.6. The lowest BCUT2D eigenvalue weighted by Crippen LogP contribution is -2.06. The largest absolute Gasteiger partial charge is 0.485 e. The molecule has 0 saturated carbocycles. The molecule has 2 aliphatic carbocycles. The molecule has 0 amide bonds. The standard InChI is InChI=1S/C20H13N5O3S/c26-25(27)15-7-9-19(21-11-15)29-20-23-22-18(24(20)14-4-2-1-3-5-14)12-28-17-8-6-13-10-16(13)17/h1-11H,12H2. The molecule has 0 bridgehead atoms. The summed E-state index contributed by atoms with van der Waals surface area (Å²) in [6, 6.07) is 18.8. The van der Waals surface area contributed by atoms with Crippen molar-refractivity contribution in [1.29, 1.82) is 0 Å². The predicted octanol–water partition coefficient (Wildman–Crippen LogP) is 4.28. The zero-order chi connectivity index (χ0) is 19.8. The number of para-hydroxylation sites is 1. The fourth-order valence-corrected chi connectivity index (χ4v) is 3.74. The monoisotopic (exact) mass is 403 g/mol. The summed E-state index contributed by atoms with van der Waals surface area (Å²) < 4.78 is 7.83. The Morgan fingerprint density at radius 2 is 1.93 bits per heavy atom. The van der Waals surface area contributed by atoms with Gasteiger partial charge in [-0.15, -0.1) is 10.2 Å². The maximum atomic E-state index is 10.8. The van der Waals surface area contributed by atoms with Gasteiger partial charge in [0.05, 0.1) is 4.92 Å². The molecule has 9 heteroatoms. The van der Waals surface area contributed by atoms with Crippen LogP contribution in [0.3, 0.4) is 0 Å². The number of fused-ring (bicyclic) bond motifs is 1. The van der Waals surface area contributed by atoms with E-state index in [-0.39, 0.29) is 12.3 Å². The first-order chi connectivity index (χ1) is 14.2. The molecule has 142 valence electrons. The molecule has 2 aliphatic rings. The molecule has 0 saturated heterocycles. The Labute approximate surface area is 169 Å². The molecule has 0 radical (unpaired) electrons. The van der Waals surface area contributed by atoms with Gasteiger partial charge in [0.15, 0.2) is 5.82 Å². The van der Waals surface area contributed by atoms with Crippen molar-refractivity contribution in [3.63, 3.8) is 0 Å². The van der Waals surface area contributed by atoms with Crippen LogP contribution in [0.1, 0.15) is 5.82 Å². The second-order valence-electron chi connectivity index (χ2n) is 6.28. The van der Waals surface area contributed by atoms with Crippen molar-refractivity contribution in [3.05, 3.63) is 82.8 Å². The van der Waals surface area contributed by atoms with Crippen LogP contribution >= 0.6 is 11.8 Å². The first-order valence-corrected chi connectivity index (χ1v) is 9.56. The fourth-order valence-electron chi connectivity index (χ4n) is 2.92. The number of aromatic nitrogens is 4. The molecule has 5 rings (SSSR count). The number of nitrogens with zero attached hydrogens (tertiary/aromatic N) is 5. The smallest absolute Gasteiger partial charge is 0.287 e. The molecule has 0 N–H and O–H groups in total. The number of rotatable bonds is 7. The van der Waals surface area contributed by atoms with E-state index in [1.807, 2.05) is 47.0 Å². The summed E-state index contributed by atoms with van der Waals surface area (Å²) in [5.74, 6) is 1.49. The number of pyridine rings is 1. The fraction of sp³-hybridized carbons (Fsp3) is 0.0500. The predicted molar refractivity (Wildman–Crippen MR) is 106 cm³/mol. The van der Waals surface area contributed by atoms with E-state index in [9.17, 15) is 10.1 Å². The maximum absolute atomic E-state index is 10.8. The maximum Gasteiger partial charge on any atom is 0.287 e. The highest BCUT2D eigenvalue weighted by Crippen LogP contribution is 2.43. The van der Waals surface area contributed by atoms with Crippen molar-refractivity contribution >= 4 is 17.4 Å². The molecule has 3 aromatic rings. The minimum absolute atomic E-state index is 0.0554. The zero-order valence-electron chi connectivity index (χ0n) is 14.9. The van der Waals surface area contributed by atoms with Gasteiger partial charge < -0.3 is 4.74 Å². The number of hydrogen-bond acceptors (Lipinski definition) is 7. The lowest BCUT2D eigenvalue weighted by Gasteiger charge is -2.10. The molecule has 0 fully saturated rings. The van der Waals surface area contributed by atoms with Gasteiger partial charge in [0.25, 0.3) is 5.69 Å². The van der Waals surface area contributed by atoms with Crippen LogP contribution in [0.4, 0.5) is 5.69 Å². The number of ether oxygens (including phenoxy) is 1. The quantitative estimate of drug-likeness (QED) is 0.295. The lowest BCUT2D eigenvalue weighted by atomic mass is 10.3. The van der Waals surface area contributed by atoms with Crippen molar-refractivity contribution in [2.45, 2.75) is 16.8 Å². The highest BCUT2D eigenvalue weighted by Gasteiger charge is 2.21. The molecule has 2 heterocycles. The minimum Gasteiger partial charge on any atom is -0.485 e. The Balaban J connectivity index is 1.44. The molecule has 1 aromatic carbocycles. The Kier molecular flexibility index (Phi) is 4.21. The van der Waals surface area contributed by atoms with Crippen molar-refractivity contribution in [2.24, 2.45) is 0 Å². The number of benzene rings is 2. The van der Waals surface area contributed by atoms with Crippen molar-refractivity contribution in [1.82, 2.24) is 19.7 Å². The van der Waals surface area contributed by atoms with Crippen LogP contribution in [-0.4, -0.2) is 24.7 Å². The van der Waals surface area contributed by atoms with Gasteiger partial charge >= 0.3 is 0 Å².